The monoisotopic (exact) mass is 596 g/mol. The number of pyridine rings is 1. The van der Waals surface area contributed by atoms with Gasteiger partial charge in [-0.15, -0.1) is 11.8 Å². The zero-order chi connectivity index (χ0) is 25.5. The predicted octanol–water partition coefficient (Wildman–Crippen LogP) is 7.11. The topological polar surface area (TPSA) is 74.0 Å². The molecule has 0 aliphatic rings. The van der Waals surface area contributed by atoms with Gasteiger partial charge in [-0.05, 0) is 41.5 Å². The fraction of sp³-hybridized carbons (Fsp3) is 0.143. The van der Waals surface area contributed by atoms with Gasteiger partial charge in [-0.1, -0.05) is 82.1 Å². The van der Waals surface area contributed by atoms with E-state index in [9.17, 15) is 14.6 Å². The molecule has 1 heterocycles. The van der Waals surface area contributed by atoms with Crippen LogP contribution < -0.4 is 0 Å². The molecule has 0 bridgehead atoms. The summed E-state index contributed by atoms with van der Waals surface area (Å²) >= 11 is 10.7. The van der Waals surface area contributed by atoms with Crippen LogP contribution in [0.15, 0.2) is 94.4 Å². The Morgan fingerprint density at radius 1 is 1.03 bits per heavy atom. The molecule has 0 unspecified atom stereocenters. The molecule has 1 N–H and O–H groups in total. The molecule has 0 saturated carbocycles. The van der Waals surface area contributed by atoms with Gasteiger partial charge in [0.25, 0.3) is 0 Å². The number of aliphatic hydroxyl groups is 1. The van der Waals surface area contributed by atoms with Crippen molar-refractivity contribution in [1.82, 2.24) is 4.98 Å². The third-order valence-electron chi connectivity index (χ3n) is 5.35. The third kappa shape index (κ3) is 7.06. The van der Waals surface area contributed by atoms with Crippen LogP contribution in [0.5, 0.6) is 0 Å². The Morgan fingerprint density at radius 2 is 1.72 bits per heavy atom. The fourth-order valence-electron chi connectivity index (χ4n) is 3.61. The van der Waals surface area contributed by atoms with Crippen molar-refractivity contribution in [1.29, 1.82) is 5.26 Å². The number of aliphatic hydroxyl groups excluding tert-OH is 1. The van der Waals surface area contributed by atoms with Crippen LogP contribution in [0.3, 0.4) is 0 Å². The Balaban J connectivity index is 1.56. The van der Waals surface area contributed by atoms with Crippen LogP contribution in [0.1, 0.15) is 11.1 Å². The minimum atomic E-state index is -1.24. The molecule has 4 nitrogen and oxygen atoms in total. The zero-order valence-corrected chi connectivity index (χ0v) is 23.1. The second-order valence-corrected chi connectivity index (χ2v) is 11.9. The molecule has 0 spiro atoms. The van der Waals surface area contributed by atoms with Gasteiger partial charge >= 0.3 is 0 Å². The Kier molecular flexibility index (Phi) is 9.35. The highest BCUT2D eigenvalue weighted by atomic mass is 79.9. The lowest BCUT2D eigenvalue weighted by Gasteiger charge is -2.14. The van der Waals surface area contributed by atoms with Gasteiger partial charge in [-0.3, -0.25) is 4.21 Å². The van der Waals surface area contributed by atoms with E-state index in [1.165, 1.54) is 11.8 Å². The predicted molar refractivity (Wildman–Crippen MR) is 152 cm³/mol. The van der Waals surface area contributed by atoms with Gasteiger partial charge in [0, 0.05) is 42.9 Å². The van der Waals surface area contributed by atoms with Gasteiger partial charge < -0.3 is 5.11 Å². The van der Waals surface area contributed by atoms with Crippen molar-refractivity contribution in [2.24, 2.45) is 0 Å². The van der Waals surface area contributed by atoms with E-state index in [0.29, 0.717) is 21.4 Å². The first kappa shape index (κ1) is 26.6. The molecule has 8 heteroatoms. The molecular formula is C28H22BrClN2O2S2. The van der Waals surface area contributed by atoms with Gasteiger partial charge in [0.2, 0.25) is 0 Å². The average molecular weight is 598 g/mol. The van der Waals surface area contributed by atoms with Crippen molar-refractivity contribution in [3.05, 3.63) is 106 Å². The summed E-state index contributed by atoms with van der Waals surface area (Å²) in [6.07, 6.45) is -0.812. The van der Waals surface area contributed by atoms with Crippen molar-refractivity contribution in [2.45, 2.75) is 16.9 Å². The number of aromatic nitrogens is 1. The number of nitriles is 1. The van der Waals surface area contributed by atoms with Gasteiger partial charge in [0.05, 0.1) is 23.1 Å². The lowest BCUT2D eigenvalue weighted by atomic mass is 9.99. The Bertz CT molecular complexity index is 1390. The number of nitrogens with zero attached hydrogens (tertiary/aromatic N) is 2. The highest BCUT2D eigenvalue weighted by Crippen LogP contribution is 2.34. The number of benzene rings is 3. The molecule has 36 heavy (non-hydrogen) atoms. The Labute approximate surface area is 231 Å². The minimum Gasteiger partial charge on any atom is -0.391 e. The second kappa shape index (κ2) is 12.7. The average Bonchev–Trinajstić information content (AvgIpc) is 2.89. The van der Waals surface area contributed by atoms with Crippen LogP contribution >= 0.6 is 39.3 Å². The summed E-state index contributed by atoms with van der Waals surface area (Å²) < 4.78 is 13.6. The van der Waals surface area contributed by atoms with E-state index < -0.39 is 16.9 Å². The van der Waals surface area contributed by atoms with Crippen molar-refractivity contribution in [3.63, 3.8) is 0 Å². The summed E-state index contributed by atoms with van der Waals surface area (Å²) in [6, 6.07) is 29.0. The lowest BCUT2D eigenvalue weighted by molar-refractivity contribution is 0.224. The Hall–Kier alpha value is -2.47. The normalized spacial score (nSPS) is 12.6. The summed E-state index contributed by atoms with van der Waals surface area (Å²) in [4.78, 5) is 4.78. The largest absolute Gasteiger partial charge is 0.391 e. The van der Waals surface area contributed by atoms with Gasteiger partial charge in [0.15, 0.2) is 0 Å². The molecule has 0 fully saturated rings. The van der Waals surface area contributed by atoms with Crippen LogP contribution in [0, 0.1) is 11.3 Å². The first-order valence-electron chi connectivity index (χ1n) is 11.1. The van der Waals surface area contributed by atoms with Crippen LogP contribution in [-0.4, -0.2) is 31.9 Å². The van der Waals surface area contributed by atoms with E-state index >= 15 is 0 Å². The number of hydrogen-bond donors (Lipinski definition) is 1. The van der Waals surface area contributed by atoms with Gasteiger partial charge in [-0.2, -0.15) is 5.26 Å². The smallest absolute Gasteiger partial charge is 0.115 e. The van der Waals surface area contributed by atoms with E-state index in [1.54, 1.807) is 12.1 Å². The van der Waals surface area contributed by atoms with Gasteiger partial charge in [0.1, 0.15) is 11.1 Å². The first-order valence-corrected chi connectivity index (χ1v) is 14.7. The summed E-state index contributed by atoms with van der Waals surface area (Å²) in [5.74, 6) is 0.749. The molecule has 0 aliphatic carbocycles. The summed E-state index contributed by atoms with van der Waals surface area (Å²) in [5.41, 5.74) is 4.73. The maximum Gasteiger partial charge on any atom is 0.115 e. The van der Waals surface area contributed by atoms with Crippen molar-refractivity contribution < 1.29 is 9.32 Å². The molecule has 0 saturated heterocycles. The molecule has 2 atom stereocenters. The standard InChI is InChI=1S/C28H22BrClN2O2S2/c29-22-10-8-21(9-11-22)27-14-25(20-4-2-1-3-5-20)26(15-31)28(32-27)35-16-24(33)18-36(34)17-19-6-12-23(30)13-7-19/h1-14,24,33H,16-18H2/t24-,36+/m1/s1. The van der Waals surface area contributed by atoms with Crippen LogP contribution in [-0.2, 0) is 16.6 Å². The van der Waals surface area contributed by atoms with Crippen molar-refractivity contribution >= 4 is 50.1 Å². The zero-order valence-electron chi connectivity index (χ0n) is 19.1. The van der Waals surface area contributed by atoms with Crippen LogP contribution in [0.2, 0.25) is 5.02 Å². The molecular weight excluding hydrogens is 576 g/mol. The van der Waals surface area contributed by atoms with Crippen LogP contribution in [0.25, 0.3) is 22.4 Å². The minimum absolute atomic E-state index is 0.134. The van der Waals surface area contributed by atoms with Crippen molar-refractivity contribution in [3.8, 4) is 28.5 Å². The molecule has 4 rings (SSSR count). The molecule has 0 aliphatic heterocycles. The fourth-order valence-corrected chi connectivity index (χ4v) is 6.31. The molecule has 0 amide bonds. The summed E-state index contributed by atoms with van der Waals surface area (Å²) in [6.45, 7) is 0. The van der Waals surface area contributed by atoms with Crippen LogP contribution in [0.4, 0.5) is 0 Å². The van der Waals surface area contributed by atoms with E-state index in [0.717, 1.165) is 32.4 Å². The first-order chi connectivity index (χ1) is 17.4. The molecule has 4 aromatic rings. The Morgan fingerprint density at radius 3 is 2.39 bits per heavy atom. The number of hydrogen-bond acceptors (Lipinski definition) is 5. The van der Waals surface area contributed by atoms with E-state index in [2.05, 4.69) is 22.0 Å². The molecule has 0 radical (unpaired) electrons. The maximum absolute atomic E-state index is 12.6. The highest BCUT2D eigenvalue weighted by Gasteiger charge is 2.18. The maximum atomic E-state index is 12.6. The summed E-state index contributed by atoms with van der Waals surface area (Å²) in [7, 11) is -1.24. The van der Waals surface area contributed by atoms with E-state index in [-0.39, 0.29) is 11.5 Å². The molecule has 3 aromatic carbocycles. The van der Waals surface area contributed by atoms with Gasteiger partial charge in [-0.25, -0.2) is 4.98 Å². The highest BCUT2D eigenvalue weighted by molar-refractivity contribution is 9.10. The number of rotatable bonds is 9. The molecule has 1 aromatic heterocycles. The third-order valence-corrected chi connectivity index (χ3v) is 8.67. The van der Waals surface area contributed by atoms with Crippen molar-refractivity contribution in [2.75, 3.05) is 11.5 Å². The number of halogens is 2. The number of thioether (sulfide) groups is 1. The van der Waals surface area contributed by atoms with E-state index in [1.807, 2.05) is 72.8 Å². The van der Waals surface area contributed by atoms with E-state index in [4.69, 9.17) is 16.6 Å². The second-order valence-electron chi connectivity index (χ2n) is 8.06. The quantitative estimate of drug-likeness (QED) is 0.208. The summed E-state index contributed by atoms with van der Waals surface area (Å²) in [5, 5.41) is 21.8. The molecule has 182 valence electrons. The SMILES string of the molecule is N#Cc1c(-c2ccccc2)cc(-c2ccc(Br)cc2)nc1SC[C@@H](O)C[S@@](=O)Cc1ccc(Cl)cc1. The lowest BCUT2D eigenvalue weighted by Crippen LogP contribution is -2.20.